The van der Waals surface area contributed by atoms with Crippen LogP contribution in [-0.4, -0.2) is 30.4 Å². The van der Waals surface area contributed by atoms with Gasteiger partial charge in [-0.05, 0) is 60.2 Å². The van der Waals surface area contributed by atoms with Gasteiger partial charge in [0.2, 0.25) is 0 Å². The Morgan fingerprint density at radius 1 is 1.18 bits per heavy atom. The molecule has 2 aromatic carbocycles. The van der Waals surface area contributed by atoms with Crippen LogP contribution in [0.3, 0.4) is 0 Å². The van der Waals surface area contributed by atoms with Crippen molar-refractivity contribution in [2.24, 2.45) is 0 Å². The quantitative estimate of drug-likeness (QED) is 0.601. The zero-order valence-electron chi connectivity index (χ0n) is 17.8. The van der Waals surface area contributed by atoms with Gasteiger partial charge in [-0.3, -0.25) is 14.5 Å². The van der Waals surface area contributed by atoms with Gasteiger partial charge in [-0.25, -0.2) is 18.2 Å². The largest absolute Gasteiger partial charge is 0.355 e. The molecule has 170 valence electrons. The topological polar surface area (TPSA) is 62.3 Å². The standard InChI is InChI=1S/C24H19ClF3N3O2/c1-12-14(7-13-3-4-17(19(27)8-13)23(32)29-2)9-18-16(21(12)25)5-6-31(24(18)33)22-20(28)10-15(26)11-30-22/h3-4,8-11H,5-7H2,1-2H3,(H,29,32). The highest BCUT2D eigenvalue weighted by atomic mass is 35.5. The monoisotopic (exact) mass is 473 g/mol. The number of hydrogen-bond donors (Lipinski definition) is 1. The number of benzene rings is 2. The van der Waals surface area contributed by atoms with E-state index < -0.39 is 29.3 Å². The van der Waals surface area contributed by atoms with Crippen molar-refractivity contribution in [3.8, 4) is 0 Å². The highest BCUT2D eigenvalue weighted by Crippen LogP contribution is 2.34. The molecule has 2 amide bonds. The number of hydrogen-bond acceptors (Lipinski definition) is 3. The summed E-state index contributed by atoms with van der Waals surface area (Å²) in [5.41, 5.74) is 2.89. The van der Waals surface area contributed by atoms with Crippen LogP contribution in [0.25, 0.3) is 0 Å². The summed E-state index contributed by atoms with van der Waals surface area (Å²) in [6.45, 7) is 1.96. The number of aromatic nitrogens is 1. The average molecular weight is 474 g/mol. The molecule has 0 bridgehead atoms. The second-order valence-electron chi connectivity index (χ2n) is 7.74. The number of halogens is 4. The first-order valence-electron chi connectivity index (χ1n) is 10.2. The van der Waals surface area contributed by atoms with Crippen LogP contribution in [0.1, 0.15) is 43.0 Å². The number of fused-ring (bicyclic) bond motifs is 1. The summed E-state index contributed by atoms with van der Waals surface area (Å²) in [5.74, 6) is -3.71. The molecule has 0 radical (unpaired) electrons. The first kappa shape index (κ1) is 22.8. The minimum Gasteiger partial charge on any atom is -0.355 e. The molecule has 3 aromatic rings. The van der Waals surface area contributed by atoms with Crippen molar-refractivity contribution in [2.45, 2.75) is 19.8 Å². The number of nitrogens with zero attached hydrogens (tertiary/aromatic N) is 2. The van der Waals surface area contributed by atoms with E-state index in [0.717, 1.165) is 16.7 Å². The zero-order valence-corrected chi connectivity index (χ0v) is 18.6. The molecule has 9 heteroatoms. The Morgan fingerprint density at radius 2 is 1.94 bits per heavy atom. The highest BCUT2D eigenvalue weighted by molar-refractivity contribution is 6.33. The van der Waals surface area contributed by atoms with Crippen molar-refractivity contribution in [1.82, 2.24) is 10.3 Å². The first-order chi connectivity index (χ1) is 15.7. The molecule has 0 saturated carbocycles. The molecular weight excluding hydrogens is 455 g/mol. The van der Waals surface area contributed by atoms with E-state index in [1.54, 1.807) is 12.1 Å². The van der Waals surface area contributed by atoms with E-state index in [2.05, 4.69) is 10.3 Å². The summed E-state index contributed by atoms with van der Waals surface area (Å²) in [4.78, 5) is 29.8. The van der Waals surface area contributed by atoms with Gasteiger partial charge in [0.05, 0.1) is 11.8 Å². The van der Waals surface area contributed by atoms with E-state index in [-0.39, 0.29) is 24.3 Å². The van der Waals surface area contributed by atoms with Crippen molar-refractivity contribution < 1.29 is 22.8 Å². The predicted molar refractivity (Wildman–Crippen MR) is 118 cm³/mol. The fourth-order valence-corrected chi connectivity index (χ4v) is 4.28. The summed E-state index contributed by atoms with van der Waals surface area (Å²) >= 11 is 6.57. The normalized spacial score (nSPS) is 13.2. The lowest BCUT2D eigenvalue weighted by Gasteiger charge is -2.29. The number of pyridine rings is 1. The second kappa shape index (κ2) is 8.86. The lowest BCUT2D eigenvalue weighted by atomic mass is 9.90. The van der Waals surface area contributed by atoms with Crippen LogP contribution in [0.5, 0.6) is 0 Å². The maximum Gasteiger partial charge on any atom is 0.259 e. The number of amides is 2. The molecule has 33 heavy (non-hydrogen) atoms. The smallest absolute Gasteiger partial charge is 0.259 e. The Kier molecular flexibility index (Phi) is 6.12. The summed E-state index contributed by atoms with van der Waals surface area (Å²) < 4.78 is 41.9. The second-order valence-corrected chi connectivity index (χ2v) is 8.11. The molecule has 0 unspecified atom stereocenters. The van der Waals surface area contributed by atoms with Gasteiger partial charge in [0.15, 0.2) is 11.6 Å². The molecule has 1 aromatic heterocycles. The summed E-state index contributed by atoms with van der Waals surface area (Å²) in [7, 11) is 1.42. The van der Waals surface area contributed by atoms with E-state index >= 15 is 0 Å². The SMILES string of the molecule is CNC(=O)c1ccc(Cc2cc3c(c(Cl)c2C)CCN(c2ncc(F)cc2F)C3=O)cc1F. The van der Waals surface area contributed by atoms with Crippen LogP contribution in [0.4, 0.5) is 19.0 Å². The Labute approximate surface area is 193 Å². The van der Waals surface area contributed by atoms with Crippen LogP contribution in [0, 0.1) is 24.4 Å². The molecule has 2 heterocycles. The third-order valence-corrected chi connectivity index (χ3v) is 6.24. The molecule has 4 rings (SSSR count). The van der Waals surface area contributed by atoms with Gasteiger partial charge in [-0.15, -0.1) is 0 Å². The molecule has 0 fully saturated rings. The number of nitrogens with one attached hydrogen (secondary N) is 1. The maximum atomic E-state index is 14.4. The predicted octanol–water partition coefficient (Wildman–Crippen LogP) is 4.61. The zero-order chi connectivity index (χ0) is 23.9. The van der Waals surface area contributed by atoms with Crippen molar-refractivity contribution in [2.75, 3.05) is 18.5 Å². The minimum absolute atomic E-state index is 0.0684. The molecule has 1 aliphatic rings. The fraction of sp³-hybridized carbons (Fsp3) is 0.208. The molecule has 0 atom stereocenters. The molecule has 0 saturated heterocycles. The van der Waals surface area contributed by atoms with Gasteiger partial charge >= 0.3 is 0 Å². The Balaban J connectivity index is 1.70. The summed E-state index contributed by atoms with van der Waals surface area (Å²) in [6, 6.07) is 6.64. The van der Waals surface area contributed by atoms with E-state index in [0.29, 0.717) is 39.8 Å². The van der Waals surface area contributed by atoms with E-state index in [1.807, 2.05) is 6.92 Å². The van der Waals surface area contributed by atoms with Gasteiger partial charge < -0.3 is 5.32 Å². The maximum absolute atomic E-state index is 14.4. The van der Waals surface area contributed by atoms with Gasteiger partial charge in [0.25, 0.3) is 11.8 Å². The number of rotatable bonds is 4. The Hall–Kier alpha value is -3.39. The lowest BCUT2D eigenvalue weighted by Crippen LogP contribution is -2.39. The van der Waals surface area contributed by atoms with Crippen LogP contribution in [-0.2, 0) is 12.8 Å². The molecule has 1 N–H and O–H groups in total. The molecule has 0 aliphatic carbocycles. The van der Waals surface area contributed by atoms with Gasteiger partial charge in [0.1, 0.15) is 11.6 Å². The third-order valence-electron chi connectivity index (χ3n) is 5.72. The van der Waals surface area contributed by atoms with Crippen molar-refractivity contribution in [1.29, 1.82) is 0 Å². The van der Waals surface area contributed by atoms with Crippen molar-refractivity contribution in [3.63, 3.8) is 0 Å². The van der Waals surface area contributed by atoms with Gasteiger partial charge in [-0.1, -0.05) is 17.7 Å². The van der Waals surface area contributed by atoms with E-state index in [4.69, 9.17) is 11.6 Å². The molecule has 1 aliphatic heterocycles. The summed E-state index contributed by atoms with van der Waals surface area (Å²) in [5, 5.41) is 2.80. The average Bonchev–Trinajstić information content (AvgIpc) is 2.78. The van der Waals surface area contributed by atoms with E-state index in [9.17, 15) is 22.8 Å². The van der Waals surface area contributed by atoms with Crippen LogP contribution in [0.15, 0.2) is 36.5 Å². The minimum atomic E-state index is -0.933. The van der Waals surface area contributed by atoms with Crippen molar-refractivity contribution in [3.05, 3.63) is 92.4 Å². The molecular formula is C24H19ClF3N3O2. The van der Waals surface area contributed by atoms with Gasteiger partial charge in [0, 0.05) is 30.2 Å². The van der Waals surface area contributed by atoms with E-state index in [1.165, 1.54) is 19.2 Å². The molecule has 5 nitrogen and oxygen atoms in total. The Bertz CT molecular complexity index is 1300. The first-order valence-corrected chi connectivity index (χ1v) is 10.5. The van der Waals surface area contributed by atoms with Gasteiger partial charge in [-0.2, -0.15) is 0 Å². The molecule has 0 spiro atoms. The van der Waals surface area contributed by atoms with Crippen LogP contribution < -0.4 is 10.2 Å². The number of carbonyl (C=O) groups is 2. The highest BCUT2D eigenvalue weighted by Gasteiger charge is 2.31. The van der Waals surface area contributed by atoms with Crippen molar-refractivity contribution >= 4 is 29.2 Å². The number of carbonyl (C=O) groups excluding carboxylic acids is 2. The Morgan fingerprint density at radius 3 is 2.61 bits per heavy atom. The number of anilines is 1. The third kappa shape index (κ3) is 4.18. The fourth-order valence-electron chi connectivity index (χ4n) is 3.96. The lowest BCUT2D eigenvalue weighted by molar-refractivity contribution is 0.0956. The summed E-state index contributed by atoms with van der Waals surface area (Å²) in [6.07, 6.45) is 1.49. The van der Waals surface area contributed by atoms with Crippen LogP contribution in [0.2, 0.25) is 5.02 Å². The van der Waals surface area contributed by atoms with Crippen LogP contribution >= 0.6 is 11.6 Å².